The topological polar surface area (TPSA) is 60.9 Å². The lowest BCUT2D eigenvalue weighted by Gasteiger charge is -2.19. The van der Waals surface area contributed by atoms with Gasteiger partial charge in [-0.3, -0.25) is 19.3 Å². The van der Waals surface area contributed by atoms with Crippen LogP contribution in [0.1, 0.15) is 42.2 Å². The second-order valence-corrected chi connectivity index (χ2v) is 8.16. The summed E-state index contributed by atoms with van der Waals surface area (Å²) >= 11 is 0. The van der Waals surface area contributed by atoms with Crippen LogP contribution in [0.3, 0.4) is 0 Å². The molecule has 6 heteroatoms. The molecule has 4 rings (SSSR count). The quantitative estimate of drug-likeness (QED) is 0.561. The molecule has 1 aliphatic rings. The fraction of sp³-hybridized carbons (Fsp3) is 0.192. The maximum atomic E-state index is 13.0. The first-order valence-electron chi connectivity index (χ1n) is 10.4. The van der Waals surface area contributed by atoms with E-state index in [0.29, 0.717) is 17.7 Å². The number of anilines is 1. The second kappa shape index (κ2) is 8.67. The number of fused-ring (bicyclic) bond motifs is 1. The zero-order valence-electron chi connectivity index (χ0n) is 18.4. The van der Waals surface area contributed by atoms with Crippen LogP contribution in [0.15, 0.2) is 72.8 Å². The molecule has 1 heterocycles. The largest absolute Gasteiger partial charge is 0.378 e. The first kappa shape index (κ1) is 21.3. The number of nitrogens with zero attached hydrogens (tertiary/aromatic N) is 3. The Labute approximate surface area is 187 Å². The summed E-state index contributed by atoms with van der Waals surface area (Å²) in [5.74, 6) is -0.904. The Morgan fingerprint density at radius 3 is 2.09 bits per heavy atom. The van der Waals surface area contributed by atoms with Gasteiger partial charge in [-0.25, -0.2) is 0 Å². The van der Waals surface area contributed by atoms with Gasteiger partial charge in [-0.15, -0.1) is 0 Å². The third-order valence-electron chi connectivity index (χ3n) is 5.62. The van der Waals surface area contributed by atoms with Gasteiger partial charge in [0.05, 0.1) is 17.7 Å². The van der Waals surface area contributed by atoms with Gasteiger partial charge in [0.25, 0.3) is 17.7 Å². The fourth-order valence-corrected chi connectivity index (χ4v) is 3.80. The summed E-state index contributed by atoms with van der Waals surface area (Å²) in [5.41, 5.74) is 3.97. The van der Waals surface area contributed by atoms with Gasteiger partial charge in [0.2, 0.25) is 0 Å². The van der Waals surface area contributed by atoms with E-state index >= 15 is 0 Å². The molecule has 32 heavy (non-hydrogen) atoms. The zero-order valence-corrected chi connectivity index (χ0v) is 18.4. The SMILES string of the molecule is CN(Cc1ccc(N(C)C)cc1)C(=O)c1ccc2c(c1)C(=O)N(Cc1ccccc1)C2=O. The number of rotatable bonds is 6. The Bertz CT molecular complexity index is 1170. The highest BCUT2D eigenvalue weighted by molar-refractivity contribution is 6.22. The summed E-state index contributed by atoms with van der Waals surface area (Å²) in [4.78, 5) is 43.5. The Morgan fingerprint density at radius 2 is 1.44 bits per heavy atom. The smallest absolute Gasteiger partial charge is 0.261 e. The van der Waals surface area contributed by atoms with Gasteiger partial charge in [-0.2, -0.15) is 0 Å². The normalized spacial score (nSPS) is 12.7. The molecule has 0 aliphatic carbocycles. The van der Waals surface area contributed by atoms with Gasteiger partial charge in [0, 0.05) is 38.9 Å². The number of carbonyl (C=O) groups excluding carboxylic acids is 3. The van der Waals surface area contributed by atoms with E-state index in [9.17, 15) is 14.4 Å². The molecule has 0 saturated heterocycles. The molecule has 3 aromatic rings. The Balaban J connectivity index is 1.50. The summed E-state index contributed by atoms with van der Waals surface area (Å²) in [6.07, 6.45) is 0. The zero-order chi connectivity index (χ0) is 22.8. The van der Waals surface area contributed by atoms with E-state index in [4.69, 9.17) is 0 Å². The van der Waals surface area contributed by atoms with Crippen molar-refractivity contribution in [3.05, 3.63) is 101 Å². The van der Waals surface area contributed by atoms with E-state index in [2.05, 4.69) is 0 Å². The van der Waals surface area contributed by atoms with E-state index < -0.39 is 0 Å². The molecule has 0 aromatic heterocycles. The molecular formula is C26H25N3O3. The van der Waals surface area contributed by atoms with Crippen LogP contribution in [0.5, 0.6) is 0 Å². The van der Waals surface area contributed by atoms with Crippen molar-refractivity contribution in [3.8, 4) is 0 Å². The number of hydrogen-bond acceptors (Lipinski definition) is 4. The molecule has 0 saturated carbocycles. The van der Waals surface area contributed by atoms with E-state index in [1.165, 1.54) is 11.0 Å². The van der Waals surface area contributed by atoms with E-state index in [1.807, 2.05) is 73.6 Å². The minimum atomic E-state index is -0.370. The van der Waals surface area contributed by atoms with Gasteiger partial charge in [0.15, 0.2) is 0 Å². The second-order valence-electron chi connectivity index (χ2n) is 8.16. The number of hydrogen-bond donors (Lipinski definition) is 0. The van der Waals surface area contributed by atoms with Crippen LogP contribution in [0.25, 0.3) is 0 Å². The predicted octanol–water partition coefficient (Wildman–Crippen LogP) is 3.82. The molecule has 0 radical (unpaired) electrons. The first-order chi connectivity index (χ1) is 15.3. The number of benzene rings is 3. The maximum Gasteiger partial charge on any atom is 0.261 e. The molecule has 0 fully saturated rings. The van der Waals surface area contributed by atoms with E-state index in [1.54, 1.807) is 24.1 Å². The van der Waals surface area contributed by atoms with E-state index in [-0.39, 0.29) is 29.8 Å². The number of carbonyl (C=O) groups is 3. The van der Waals surface area contributed by atoms with Crippen molar-refractivity contribution in [2.75, 3.05) is 26.0 Å². The number of amides is 3. The van der Waals surface area contributed by atoms with Gasteiger partial charge in [-0.1, -0.05) is 42.5 Å². The summed E-state index contributed by atoms with van der Waals surface area (Å²) in [5, 5.41) is 0. The molecule has 3 amide bonds. The summed E-state index contributed by atoms with van der Waals surface area (Å²) in [6.45, 7) is 0.649. The molecule has 0 spiro atoms. The highest BCUT2D eigenvalue weighted by Crippen LogP contribution is 2.26. The first-order valence-corrected chi connectivity index (χ1v) is 10.4. The fourth-order valence-electron chi connectivity index (χ4n) is 3.80. The molecule has 6 nitrogen and oxygen atoms in total. The van der Waals surface area contributed by atoms with Gasteiger partial charge < -0.3 is 9.80 Å². The van der Waals surface area contributed by atoms with Crippen LogP contribution in [-0.2, 0) is 13.1 Å². The van der Waals surface area contributed by atoms with Crippen molar-refractivity contribution in [1.82, 2.24) is 9.80 Å². The average Bonchev–Trinajstić information content (AvgIpc) is 3.04. The van der Waals surface area contributed by atoms with Crippen molar-refractivity contribution in [3.63, 3.8) is 0 Å². The summed E-state index contributed by atoms with van der Waals surface area (Å²) in [7, 11) is 5.68. The molecule has 0 N–H and O–H groups in total. The van der Waals surface area contributed by atoms with Gasteiger partial charge in [0.1, 0.15) is 0 Å². The van der Waals surface area contributed by atoms with Crippen LogP contribution in [0, 0.1) is 0 Å². The van der Waals surface area contributed by atoms with Crippen molar-refractivity contribution in [2.45, 2.75) is 13.1 Å². The summed E-state index contributed by atoms with van der Waals surface area (Å²) in [6, 6.07) is 22.1. The maximum absolute atomic E-state index is 13.0. The Hall–Kier alpha value is -3.93. The monoisotopic (exact) mass is 427 g/mol. The third kappa shape index (κ3) is 4.12. The van der Waals surface area contributed by atoms with Crippen LogP contribution >= 0.6 is 0 Å². The lowest BCUT2D eigenvalue weighted by atomic mass is 10.0. The lowest BCUT2D eigenvalue weighted by Crippen LogP contribution is -2.29. The Morgan fingerprint density at radius 1 is 0.781 bits per heavy atom. The highest BCUT2D eigenvalue weighted by atomic mass is 16.2. The number of imide groups is 1. The van der Waals surface area contributed by atoms with Crippen molar-refractivity contribution in [1.29, 1.82) is 0 Å². The standard InChI is InChI=1S/C26H25N3O3/c1-27(2)21-12-9-19(10-13-21)16-28(3)24(30)20-11-14-22-23(15-20)26(32)29(25(22)31)17-18-7-5-4-6-8-18/h4-15H,16-17H2,1-3H3. The minimum absolute atomic E-state index is 0.203. The van der Waals surface area contributed by atoms with E-state index in [0.717, 1.165) is 16.8 Å². The predicted molar refractivity (Wildman–Crippen MR) is 124 cm³/mol. The Kier molecular flexibility index (Phi) is 5.77. The third-order valence-corrected chi connectivity index (χ3v) is 5.62. The molecular weight excluding hydrogens is 402 g/mol. The van der Waals surface area contributed by atoms with Crippen molar-refractivity contribution >= 4 is 23.4 Å². The van der Waals surface area contributed by atoms with Gasteiger partial charge >= 0.3 is 0 Å². The molecule has 0 atom stereocenters. The summed E-state index contributed by atoms with van der Waals surface area (Å²) < 4.78 is 0. The van der Waals surface area contributed by atoms with Crippen LogP contribution < -0.4 is 4.90 Å². The van der Waals surface area contributed by atoms with Crippen LogP contribution in [0.4, 0.5) is 5.69 Å². The lowest BCUT2D eigenvalue weighted by molar-refractivity contribution is 0.0642. The molecule has 0 bridgehead atoms. The van der Waals surface area contributed by atoms with Gasteiger partial charge in [-0.05, 0) is 41.5 Å². The van der Waals surface area contributed by atoms with Crippen LogP contribution in [-0.4, -0.2) is 48.7 Å². The van der Waals surface area contributed by atoms with Crippen molar-refractivity contribution in [2.24, 2.45) is 0 Å². The minimum Gasteiger partial charge on any atom is -0.378 e. The molecule has 0 unspecified atom stereocenters. The highest BCUT2D eigenvalue weighted by Gasteiger charge is 2.36. The average molecular weight is 428 g/mol. The molecule has 162 valence electrons. The molecule has 3 aromatic carbocycles. The van der Waals surface area contributed by atoms with Crippen molar-refractivity contribution < 1.29 is 14.4 Å². The van der Waals surface area contributed by atoms with Crippen LogP contribution in [0.2, 0.25) is 0 Å². The molecule has 1 aliphatic heterocycles.